The Kier molecular flexibility index (Phi) is 5.77. The molecule has 0 spiro atoms. The smallest absolute Gasteiger partial charge is 0.322 e. The standard InChI is InChI=1S/C14H4BrF13N2O3/c15-5-3-4(30(32)33)1-2-6(5)29-7(31)8(16)10(18,19)9(17,14(26,27)28)12(22,23)13(24,25)11(8,20)21/h1-3H,(H,29,31). The van der Waals surface area contributed by atoms with Gasteiger partial charge in [0.15, 0.2) is 0 Å². The molecule has 1 fully saturated rings. The van der Waals surface area contributed by atoms with Crippen LogP contribution in [0, 0.1) is 10.1 Å². The third-order valence-corrected chi connectivity index (χ3v) is 5.29. The van der Waals surface area contributed by atoms with E-state index in [9.17, 15) is 72.0 Å². The molecule has 1 aromatic carbocycles. The van der Waals surface area contributed by atoms with E-state index in [1.54, 1.807) is 0 Å². The Balaban J connectivity index is 2.79. The second kappa shape index (κ2) is 7.08. The molecule has 19 heteroatoms. The SMILES string of the molecule is O=C(Nc1ccc([N+](=O)[O-])cc1Br)C1(F)C(F)(F)C(F)(F)C(F)(F)C(F)(C(F)(F)F)C1(F)F. The highest BCUT2D eigenvalue weighted by Crippen LogP contribution is 2.72. The number of hydrogen-bond acceptors (Lipinski definition) is 3. The number of carbonyl (C=O) groups is 1. The summed E-state index contributed by atoms with van der Waals surface area (Å²) in [7, 11) is 0. The van der Waals surface area contributed by atoms with Gasteiger partial charge in [0.1, 0.15) is 0 Å². The van der Waals surface area contributed by atoms with Crippen molar-refractivity contribution in [1.29, 1.82) is 0 Å². The number of nitrogens with zero attached hydrogens (tertiary/aromatic N) is 1. The van der Waals surface area contributed by atoms with Crippen LogP contribution in [-0.2, 0) is 4.79 Å². The molecule has 1 aromatic rings. The lowest BCUT2D eigenvalue weighted by Crippen LogP contribution is -2.89. The van der Waals surface area contributed by atoms with E-state index in [1.165, 1.54) is 0 Å². The second-order valence-electron chi connectivity index (χ2n) is 6.49. The predicted octanol–water partition coefficient (Wildman–Crippen LogP) is 5.83. The predicted molar refractivity (Wildman–Crippen MR) is 82.9 cm³/mol. The molecular formula is C14H4BrF13N2O3. The molecule has 1 N–H and O–H groups in total. The van der Waals surface area contributed by atoms with Crippen LogP contribution in [0.2, 0.25) is 0 Å². The summed E-state index contributed by atoms with van der Waals surface area (Å²) in [4.78, 5) is 21.4. The first-order chi connectivity index (χ1) is 14.5. The highest BCUT2D eigenvalue weighted by molar-refractivity contribution is 9.10. The van der Waals surface area contributed by atoms with E-state index in [-0.39, 0.29) is 0 Å². The first-order valence-corrected chi connectivity index (χ1v) is 8.47. The lowest BCUT2D eigenvalue weighted by molar-refractivity contribution is -0.488. The zero-order valence-corrected chi connectivity index (χ0v) is 16.3. The van der Waals surface area contributed by atoms with Crippen molar-refractivity contribution in [3.8, 4) is 0 Å². The maximum Gasteiger partial charge on any atom is 0.435 e. The summed E-state index contributed by atoms with van der Waals surface area (Å²) in [6, 6.07) is 1.11. The average Bonchev–Trinajstić information content (AvgIpc) is 2.65. The fraction of sp³-hybridized carbons (Fsp3) is 0.500. The van der Waals surface area contributed by atoms with E-state index in [0.29, 0.717) is 23.5 Å². The number of anilines is 1. The summed E-state index contributed by atoms with van der Waals surface area (Å²) >= 11 is 2.40. The van der Waals surface area contributed by atoms with E-state index in [4.69, 9.17) is 0 Å². The minimum Gasteiger partial charge on any atom is -0.322 e. The fourth-order valence-electron chi connectivity index (χ4n) is 2.83. The van der Waals surface area contributed by atoms with E-state index < -0.39 is 67.9 Å². The minimum absolute atomic E-state index is 0.293. The summed E-state index contributed by atoms with van der Waals surface area (Å²) in [6.07, 6.45) is -7.80. The third kappa shape index (κ3) is 2.95. The summed E-state index contributed by atoms with van der Waals surface area (Å²) in [5, 5.41) is 11.3. The molecule has 1 aliphatic carbocycles. The van der Waals surface area contributed by atoms with Crippen molar-refractivity contribution in [1.82, 2.24) is 0 Å². The van der Waals surface area contributed by atoms with Crippen LogP contribution in [0.5, 0.6) is 0 Å². The number of non-ortho nitro benzene ring substituents is 1. The molecule has 1 amide bonds. The molecule has 2 unspecified atom stereocenters. The van der Waals surface area contributed by atoms with Crippen molar-refractivity contribution < 1.29 is 66.8 Å². The molecule has 33 heavy (non-hydrogen) atoms. The van der Waals surface area contributed by atoms with Gasteiger partial charge in [-0.3, -0.25) is 14.9 Å². The van der Waals surface area contributed by atoms with Gasteiger partial charge in [-0.2, -0.15) is 48.3 Å². The molecule has 2 atom stereocenters. The van der Waals surface area contributed by atoms with Crippen LogP contribution in [0.25, 0.3) is 0 Å². The van der Waals surface area contributed by atoms with Crippen molar-refractivity contribution in [2.24, 2.45) is 0 Å². The van der Waals surface area contributed by atoms with Crippen LogP contribution in [0.3, 0.4) is 0 Å². The number of nitro groups is 1. The number of nitro benzene ring substituents is 1. The van der Waals surface area contributed by atoms with E-state index in [1.807, 2.05) is 0 Å². The normalized spacial score (nSPS) is 29.9. The Hall–Kier alpha value is -2.34. The number of rotatable bonds is 3. The van der Waals surface area contributed by atoms with Gasteiger partial charge in [0.25, 0.3) is 11.6 Å². The molecule has 5 nitrogen and oxygen atoms in total. The van der Waals surface area contributed by atoms with Crippen molar-refractivity contribution in [3.05, 3.63) is 32.8 Å². The highest BCUT2D eigenvalue weighted by atomic mass is 79.9. The number of hydrogen-bond donors (Lipinski definition) is 1. The molecule has 0 radical (unpaired) electrons. The van der Waals surface area contributed by atoms with Crippen LogP contribution < -0.4 is 5.32 Å². The highest BCUT2D eigenvalue weighted by Gasteiger charge is 3.06. The molecule has 0 saturated heterocycles. The second-order valence-corrected chi connectivity index (χ2v) is 7.34. The van der Waals surface area contributed by atoms with E-state index in [0.717, 1.165) is 0 Å². The van der Waals surface area contributed by atoms with Gasteiger partial charge >= 0.3 is 41.2 Å². The maximum absolute atomic E-state index is 14.8. The molecule has 0 aromatic heterocycles. The number of nitrogens with one attached hydrogen (secondary N) is 1. The van der Waals surface area contributed by atoms with Gasteiger partial charge in [0, 0.05) is 16.6 Å². The molecule has 2 rings (SSSR count). The largest absolute Gasteiger partial charge is 0.435 e. The Morgan fingerprint density at radius 1 is 0.879 bits per heavy atom. The Morgan fingerprint density at radius 3 is 1.76 bits per heavy atom. The zero-order chi connectivity index (χ0) is 26.2. The minimum atomic E-state index is -7.99. The van der Waals surface area contributed by atoms with Gasteiger partial charge in [-0.15, -0.1) is 0 Å². The van der Waals surface area contributed by atoms with Crippen LogP contribution >= 0.6 is 15.9 Å². The Morgan fingerprint density at radius 2 is 1.36 bits per heavy atom. The summed E-state index contributed by atoms with van der Waals surface area (Å²) in [6.45, 7) is 0. The van der Waals surface area contributed by atoms with Crippen molar-refractivity contribution in [2.45, 2.75) is 41.2 Å². The third-order valence-electron chi connectivity index (χ3n) is 4.63. The molecule has 0 bridgehead atoms. The fourth-order valence-corrected chi connectivity index (χ4v) is 3.30. The van der Waals surface area contributed by atoms with Gasteiger partial charge in [-0.25, -0.2) is 8.78 Å². The number of carbonyl (C=O) groups excluding carboxylic acids is 1. The average molecular weight is 575 g/mol. The van der Waals surface area contributed by atoms with Crippen molar-refractivity contribution in [3.63, 3.8) is 0 Å². The molecule has 1 aliphatic rings. The lowest BCUT2D eigenvalue weighted by atomic mass is 9.65. The Bertz CT molecular complexity index is 1010. The number of alkyl halides is 13. The van der Waals surface area contributed by atoms with Crippen LogP contribution in [0.1, 0.15) is 0 Å². The van der Waals surface area contributed by atoms with Gasteiger partial charge in [0.05, 0.1) is 10.6 Å². The van der Waals surface area contributed by atoms with Gasteiger partial charge in [0.2, 0.25) is 0 Å². The van der Waals surface area contributed by atoms with Gasteiger partial charge in [-0.1, -0.05) is 0 Å². The molecule has 1 saturated carbocycles. The topological polar surface area (TPSA) is 72.2 Å². The molecule has 0 aliphatic heterocycles. The van der Waals surface area contributed by atoms with Crippen LogP contribution in [-0.4, -0.2) is 52.0 Å². The van der Waals surface area contributed by atoms with Gasteiger partial charge in [-0.05, 0) is 22.0 Å². The van der Waals surface area contributed by atoms with Crippen molar-refractivity contribution >= 4 is 33.2 Å². The number of amides is 1. The Labute approximate surface area is 180 Å². The maximum atomic E-state index is 14.8. The first-order valence-electron chi connectivity index (χ1n) is 7.68. The zero-order valence-electron chi connectivity index (χ0n) is 14.7. The summed E-state index contributed by atoms with van der Waals surface area (Å²) < 4.78 is 178. The number of benzene rings is 1. The van der Waals surface area contributed by atoms with Crippen molar-refractivity contribution in [2.75, 3.05) is 5.32 Å². The first kappa shape index (κ1) is 26.9. The quantitative estimate of drug-likeness (QED) is 0.280. The van der Waals surface area contributed by atoms with E-state index in [2.05, 4.69) is 15.9 Å². The lowest BCUT2D eigenvalue weighted by Gasteiger charge is -2.54. The summed E-state index contributed by atoms with van der Waals surface area (Å²) in [5.74, 6) is -35.0. The summed E-state index contributed by atoms with van der Waals surface area (Å²) in [5.41, 5.74) is -17.3. The molecule has 186 valence electrons. The monoisotopic (exact) mass is 574 g/mol. The van der Waals surface area contributed by atoms with Crippen LogP contribution in [0.15, 0.2) is 22.7 Å². The number of halogens is 14. The molecular weight excluding hydrogens is 571 g/mol. The van der Waals surface area contributed by atoms with Gasteiger partial charge < -0.3 is 5.32 Å². The molecule has 0 heterocycles. The van der Waals surface area contributed by atoms with E-state index >= 15 is 0 Å². The van der Waals surface area contributed by atoms with Crippen LogP contribution in [0.4, 0.5) is 68.5 Å².